The van der Waals surface area contributed by atoms with Crippen LogP contribution in [0, 0.1) is 0 Å². The highest BCUT2D eigenvalue weighted by molar-refractivity contribution is 7.87. The standard InChI is InChI=1S/C7H14F2O6S2/c1-7(15-17(12,13)5-3-9)6-14-16(10,11)4-2-8/h7H,2-6H2,1H3. The summed E-state index contributed by atoms with van der Waals surface area (Å²) in [6.45, 7) is -1.54. The van der Waals surface area contributed by atoms with Crippen LogP contribution in [-0.4, -0.2) is 54.4 Å². The van der Waals surface area contributed by atoms with E-state index < -0.39 is 57.8 Å². The Morgan fingerprint density at radius 1 is 1.00 bits per heavy atom. The molecular weight excluding hydrogens is 282 g/mol. The smallest absolute Gasteiger partial charge is 0.267 e. The molecule has 0 radical (unpaired) electrons. The van der Waals surface area contributed by atoms with E-state index in [1.807, 2.05) is 0 Å². The molecule has 0 aliphatic carbocycles. The lowest BCUT2D eigenvalue weighted by Crippen LogP contribution is -2.25. The van der Waals surface area contributed by atoms with E-state index in [2.05, 4.69) is 8.37 Å². The van der Waals surface area contributed by atoms with Gasteiger partial charge in [-0.2, -0.15) is 16.8 Å². The van der Waals surface area contributed by atoms with Crippen LogP contribution in [0.5, 0.6) is 0 Å². The third kappa shape index (κ3) is 8.41. The molecule has 0 spiro atoms. The van der Waals surface area contributed by atoms with E-state index in [1.54, 1.807) is 0 Å². The van der Waals surface area contributed by atoms with Gasteiger partial charge < -0.3 is 0 Å². The normalized spacial score (nSPS) is 14.8. The zero-order valence-corrected chi connectivity index (χ0v) is 10.8. The molecule has 0 N–H and O–H groups in total. The Morgan fingerprint density at radius 2 is 1.47 bits per heavy atom. The van der Waals surface area contributed by atoms with Gasteiger partial charge in [0.05, 0.1) is 12.7 Å². The number of hydrogen-bond donors (Lipinski definition) is 0. The third-order valence-electron chi connectivity index (χ3n) is 1.45. The van der Waals surface area contributed by atoms with E-state index in [9.17, 15) is 25.6 Å². The first-order chi connectivity index (χ1) is 7.72. The lowest BCUT2D eigenvalue weighted by atomic mass is 10.5. The molecule has 0 aromatic heterocycles. The first-order valence-corrected chi connectivity index (χ1v) is 7.78. The van der Waals surface area contributed by atoms with Crippen LogP contribution < -0.4 is 0 Å². The highest BCUT2D eigenvalue weighted by Gasteiger charge is 2.19. The quantitative estimate of drug-likeness (QED) is 0.557. The molecule has 0 aliphatic heterocycles. The number of rotatable bonds is 9. The molecule has 10 heteroatoms. The van der Waals surface area contributed by atoms with E-state index in [0.717, 1.165) is 0 Å². The molecule has 0 aliphatic rings. The van der Waals surface area contributed by atoms with Crippen molar-refractivity contribution in [1.82, 2.24) is 0 Å². The highest BCUT2D eigenvalue weighted by Crippen LogP contribution is 2.04. The van der Waals surface area contributed by atoms with E-state index in [-0.39, 0.29) is 0 Å². The van der Waals surface area contributed by atoms with Crippen molar-refractivity contribution in [3.05, 3.63) is 0 Å². The van der Waals surface area contributed by atoms with Gasteiger partial charge >= 0.3 is 0 Å². The summed E-state index contributed by atoms with van der Waals surface area (Å²) in [6.07, 6.45) is -1.10. The summed E-state index contributed by atoms with van der Waals surface area (Å²) in [5.41, 5.74) is 0. The minimum absolute atomic E-state index is 0.576. The fourth-order valence-electron chi connectivity index (χ4n) is 0.774. The molecule has 0 amide bonds. The van der Waals surface area contributed by atoms with Crippen molar-refractivity contribution in [2.24, 2.45) is 0 Å². The summed E-state index contributed by atoms with van der Waals surface area (Å²) in [5, 5.41) is 0. The first-order valence-electron chi connectivity index (χ1n) is 4.62. The second kappa shape index (κ2) is 7.19. The molecule has 17 heavy (non-hydrogen) atoms. The maximum atomic E-state index is 11.8. The summed E-state index contributed by atoms with van der Waals surface area (Å²) in [7, 11) is -8.05. The molecule has 0 rings (SSSR count). The molecule has 0 aromatic rings. The fraction of sp³-hybridized carbons (Fsp3) is 1.00. The third-order valence-corrected chi connectivity index (χ3v) is 3.87. The van der Waals surface area contributed by atoms with Crippen LogP contribution in [0.4, 0.5) is 8.78 Å². The number of alkyl halides is 2. The summed E-state index contributed by atoms with van der Waals surface area (Å²) in [5.74, 6) is -1.62. The van der Waals surface area contributed by atoms with Gasteiger partial charge in [-0.25, -0.2) is 8.78 Å². The lowest BCUT2D eigenvalue weighted by molar-refractivity contribution is 0.151. The largest absolute Gasteiger partial charge is 0.270 e. The Labute approximate surface area is 99.2 Å². The van der Waals surface area contributed by atoms with Crippen molar-refractivity contribution in [1.29, 1.82) is 0 Å². The first kappa shape index (κ1) is 16.7. The van der Waals surface area contributed by atoms with Gasteiger partial charge in [0, 0.05) is 0 Å². The number of hydrogen-bond acceptors (Lipinski definition) is 6. The molecule has 1 atom stereocenters. The average molecular weight is 296 g/mol. The Kier molecular flexibility index (Phi) is 7.05. The van der Waals surface area contributed by atoms with Crippen molar-refractivity contribution in [2.45, 2.75) is 13.0 Å². The van der Waals surface area contributed by atoms with Gasteiger partial charge in [-0.05, 0) is 6.92 Å². The Balaban J connectivity index is 4.17. The maximum absolute atomic E-state index is 11.8. The summed E-state index contributed by atoms with van der Waals surface area (Å²) in [4.78, 5) is 0. The molecule has 1 unspecified atom stereocenters. The molecular formula is C7H14F2O6S2. The SMILES string of the molecule is CC(COS(=O)(=O)CCF)OS(=O)(=O)CCF. The molecule has 0 bridgehead atoms. The van der Waals surface area contributed by atoms with E-state index >= 15 is 0 Å². The zero-order chi connectivity index (χ0) is 13.5. The van der Waals surface area contributed by atoms with Crippen molar-refractivity contribution < 1.29 is 34.0 Å². The summed E-state index contributed by atoms with van der Waals surface area (Å²) >= 11 is 0. The van der Waals surface area contributed by atoms with Crippen LogP contribution in [0.25, 0.3) is 0 Å². The lowest BCUT2D eigenvalue weighted by Gasteiger charge is -2.12. The van der Waals surface area contributed by atoms with Crippen LogP contribution in [-0.2, 0) is 28.6 Å². The molecule has 0 heterocycles. The van der Waals surface area contributed by atoms with Crippen LogP contribution in [0.2, 0.25) is 0 Å². The van der Waals surface area contributed by atoms with Gasteiger partial charge in [-0.15, -0.1) is 0 Å². The predicted octanol–water partition coefficient (Wildman–Crippen LogP) is 0.00670. The summed E-state index contributed by atoms with van der Waals surface area (Å²) < 4.78 is 76.0. The van der Waals surface area contributed by atoms with Gasteiger partial charge in [-0.3, -0.25) is 8.37 Å². The van der Waals surface area contributed by atoms with Gasteiger partial charge in [0.2, 0.25) is 0 Å². The van der Waals surface area contributed by atoms with Crippen LogP contribution in [0.3, 0.4) is 0 Å². The Bertz CT molecular complexity index is 404. The monoisotopic (exact) mass is 296 g/mol. The Hall–Kier alpha value is -0.320. The molecule has 0 fully saturated rings. The number of halogens is 2. The van der Waals surface area contributed by atoms with Crippen LogP contribution >= 0.6 is 0 Å². The van der Waals surface area contributed by atoms with Crippen molar-refractivity contribution >= 4 is 20.2 Å². The molecule has 0 saturated carbocycles. The minimum atomic E-state index is -4.03. The molecule has 6 nitrogen and oxygen atoms in total. The van der Waals surface area contributed by atoms with Gasteiger partial charge in [-0.1, -0.05) is 0 Å². The molecule has 0 aromatic carbocycles. The van der Waals surface area contributed by atoms with Gasteiger partial charge in [0.15, 0.2) is 0 Å². The Morgan fingerprint density at radius 3 is 1.94 bits per heavy atom. The van der Waals surface area contributed by atoms with Crippen molar-refractivity contribution in [3.63, 3.8) is 0 Å². The van der Waals surface area contributed by atoms with E-state index in [4.69, 9.17) is 0 Å². The topological polar surface area (TPSA) is 86.7 Å². The van der Waals surface area contributed by atoms with Crippen LogP contribution in [0.15, 0.2) is 0 Å². The zero-order valence-electron chi connectivity index (χ0n) is 9.13. The van der Waals surface area contributed by atoms with E-state index in [0.29, 0.717) is 0 Å². The molecule has 0 saturated heterocycles. The van der Waals surface area contributed by atoms with Crippen molar-refractivity contribution in [3.8, 4) is 0 Å². The predicted molar refractivity (Wildman–Crippen MR) is 56.0 cm³/mol. The maximum Gasteiger partial charge on any atom is 0.270 e. The highest BCUT2D eigenvalue weighted by atomic mass is 32.2. The molecule has 104 valence electrons. The second-order valence-electron chi connectivity index (χ2n) is 3.09. The van der Waals surface area contributed by atoms with Gasteiger partial charge in [0.25, 0.3) is 20.2 Å². The van der Waals surface area contributed by atoms with Crippen molar-refractivity contribution in [2.75, 3.05) is 31.5 Å². The minimum Gasteiger partial charge on any atom is -0.267 e. The van der Waals surface area contributed by atoms with E-state index in [1.165, 1.54) is 6.92 Å². The summed E-state index contributed by atoms with van der Waals surface area (Å²) in [6, 6.07) is 0. The second-order valence-corrected chi connectivity index (χ2v) is 6.57. The van der Waals surface area contributed by atoms with Gasteiger partial charge in [0.1, 0.15) is 24.9 Å². The average Bonchev–Trinajstić information content (AvgIpc) is 2.14. The van der Waals surface area contributed by atoms with Crippen LogP contribution in [0.1, 0.15) is 6.92 Å². The fourth-order valence-corrected chi connectivity index (χ4v) is 2.32.